The Morgan fingerprint density at radius 2 is 1.74 bits per heavy atom. The third-order valence-corrected chi connectivity index (χ3v) is 5.20. The second-order valence-electron chi connectivity index (χ2n) is 7.74. The number of ether oxygens (including phenoxy) is 2. The van der Waals surface area contributed by atoms with Gasteiger partial charge in [0.25, 0.3) is 5.91 Å². The minimum atomic E-state index is -0.656. The van der Waals surface area contributed by atoms with E-state index in [0.29, 0.717) is 23.2 Å². The van der Waals surface area contributed by atoms with Crippen molar-refractivity contribution in [3.05, 3.63) is 59.1 Å². The normalized spacial score (nSPS) is 11.7. The van der Waals surface area contributed by atoms with Crippen LogP contribution in [0.5, 0.6) is 11.5 Å². The molecule has 0 spiro atoms. The maximum atomic E-state index is 13.0. The minimum Gasteiger partial charge on any atom is -0.497 e. The zero-order valence-electron chi connectivity index (χ0n) is 18.6. The summed E-state index contributed by atoms with van der Waals surface area (Å²) >= 11 is 6.12. The molecular weight excluding hydrogens is 416 g/mol. The number of methoxy groups -OCH3 is 1. The molecule has 0 bridgehead atoms. The number of nitrogens with one attached hydrogen (secondary N) is 1. The van der Waals surface area contributed by atoms with Crippen molar-refractivity contribution >= 4 is 23.4 Å². The molecule has 2 aromatic carbocycles. The summed E-state index contributed by atoms with van der Waals surface area (Å²) in [6.07, 6.45) is 0.875. The quantitative estimate of drug-likeness (QED) is 0.558. The Labute approximate surface area is 189 Å². The van der Waals surface area contributed by atoms with Gasteiger partial charge in [-0.05, 0) is 49.1 Å². The number of benzene rings is 2. The van der Waals surface area contributed by atoms with Gasteiger partial charge in [0.05, 0.1) is 12.1 Å². The third-order valence-electron chi connectivity index (χ3n) is 4.89. The lowest BCUT2D eigenvalue weighted by Crippen LogP contribution is -2.49. The highest BCUT2D eigenvalue weighted by atomic mass is 35.5. The molecule has 0 aliphatic rings. The number of hydrogen-bond acceptors (Lipinski definition) is 4. The second kappa shape index (κ2) is 12.2. The van der Waals surface area contributed by atoms with Gasteiger partial charge in [-0.2, -0.15) is 0 Å². The third kappa shape index (κ3) is 7.79. The van der Waals surface area contributed by atoms with Gasteiger partial charge in [0, 0.05) is 13.1 Å². The summed E-state index contributed by atoms with van der Waals surface area (Å²) in [5, 5.41) is 3.35. The summed E-state index contributed by atoms with van der Waals surface area (Å²) in [6, 6.07) is 13.7. The Hall–Kier alpha value is -2.73. The molecule has 0 aromatic heterocycles. The van der Waals surface area contributed by atoms with E-state index in [9.17, 15) is 9.59 Å². The summed E-state index contributed by atoms with van der Waals surface area (Å²) < 4.78 is 10.8. The van der Waals surface area contributed by atoms with Gasteiger partial charge in [-0.25, -0.2) is 0 Å². The van der Waals surface area contributed by atoms with Gasteiger partial charge in [0.15, 0.2) is 6.61 Å². The first-order valence-electron chi connectivity index (χ1n) is 10.4. The fraction of sp³-hybridized carbons (Fsp3) is 0.417. The van der Waals surface area contributed by atoms with E-state index < -0.39 is 6.04 Å². The summed E-state index contributed by atoms with van der Waals surface area (Å²) in [5.41, 5.74) is 0.883. The van der Waals surface area contributed by atoms with Crippen molar-refractivity contribution < 1.29 is 19.1 Å². The van der Waals surface area contributed by atoms with Crippen LogP contribution in [0.4, 0.5) is 0 Å². The topological polar surface area (TPSA) is 67.9 Å². The molecule has 7 heteroatoms. The molecule has 1 atom stereocenters. The monoisotopic (exact) mass is 446 g/mol. The van der Waals surface area contributed by atoms with E-state index in [0.717, 1.165) is 17.7 Å². The largest absolute Gasteiger partial charge is 0.497 e. The highest BCUT2D eigenvalue weighted by Gasteiger charge is 2.26. The molecule has 168 valence electrons. The van der Waals surface area contributed by atoms with Crippen molar-refractivity contribution in [3.8, 4) is 11.5 Å². The van der Waals surface area contributed by atoms with E-state index in [-0.39, 0.29) is 25.0 Å². The first-order valence-corrected chi connectivity index (χ1v) is 10.8. The Morgan fingerprint density at radius 3 is 2.35 bits per heavy atom. The van der Waals surface area contributed by atoms with Crippen molar-refractivity contribution in [2.24, 2.45) is 5.92 Å². The second-order valence-corrected chi connectivity index (χ2v) is 8.15. The van der Waals surface area contributed by atoms with E-state index >= 15 is 0 Å². The molecule has 0 unspecified atom stereocenters. The van der Waals surface area contributed by atoms with E-state index in [4.69, 9.17) is 21.1 Å². The van der Waals surface area contributed by atoms with Crippen molar-refractivity contribution in [3.63, 3.8) is 0 Å². The first kappa shape index (κ1) is 24.5. The van der Waals surface area contributed by atoms with Crippen LogP contribution < -0.4 is 14.8 Å². The molecule has 2 amide bonds. The number of para-hydroxylation sites is 1. The van der Waals surface area contributed by atoms with Crippen LogP contribution in [0.25, 0.3) is 0 Å². The van der Waals surface area contributed by atoms with Crippen LogP contribution >= 0.6 is 11.6 Å². The van der Waals surface area contributed by atoms with Crippen molar-refractivity contribution in [2.45, 2.75) is 39.8 Å². The fourth-order valence-corrected chi connectivity index (χ4v) is 3.12. The zero-order valence-corrected chi connectivity index (χ0v) is 19.3. The van der Waals surface area contributed by atoms with Crippen LogP contribution in [0.3, 0.4) is 0 Å². The van der Waals surface area contributed by atoms with E-state index in [1.807, 2.05) is 24.3 Å². The molecule has 6 nitrogen and oxygen atoms in total. The lowest BCUT2D eigenvalue weighted by Gasteiger charge is -2.29. The maximum absolute atomic E-state index is 13.0. The standard InChI is InChI=1S/C24H31ClN2O4/c1-17(2)13-14-26-24(29)18(3)27(15-19-9-11-20(30-4)12-10-19)23(28)16-31-22-8-6-5-7-21(22)25/h5-12,17-18H,13-16H2,1-4H3,(H,26,29)/t18-/m0/s1. The van der Waals surface area contributed by atoms with Gasteiger partial charge >= 0.3 is 0 Å². The van der Waals surface area contributed by atoms with Gasteiger partial charge in [-0.3, -0.25) is 9.59 Å². The molecule has 0 saturated carbocycles. The van der Waals surface area contributed by atoms with Gasteiger partial charge in [0.2, 0.25) is 5.91 Å². The van der Waals surface area contributed by atoms with Crippen LogP contribution in [-0.4, -0.2) is 43.0 Å². The van der Waals surface area contributed by atoms with Crippen LogP contribution in [0.1, 0.15) is 32.8 Å². The molecule has 2 rings (SSSR count). The lowest BCUT2D eigenvalue weighted by atomic mass is 10.1. The van der Waals surface area contributed by atoms with Gasteiger partial charge in [-0.1, -0.05) is 49.7 Å². The molecule has 0 fully saturated rings. The smallest absolute Gasteiger partial charge is 0.261 e. The molecule has 31 heavy (non-hydrogen) atoms. The summed E-state index contributed by atoms with van der Waals surface area (Å²) in [7, 11) is 1.60. The summed E-state index contributed by atoms with van der Waals surface area (Å²) in [5.74, 6) is 1.14. The van der Waals surface area contributed by atoms with Gasteiger partial charge < -0.3 is 19.7 Å². The van der Waals surface area contributed by atoms with E-state index in [1.54, 1.807) is 38.3 Å². The number of carbonyl (C=O) groups excluding carboxylic acids is 2. The number of carbonyl (C=O) groups is 2. The number of rotatable bonds is 11. The fourth-order valence-electron chi connectivity index (χ4n) is 2.93. The highest BCUT2D eigenvalue weighted by Crippen LogP contribution is 2.23. The zero-order chi connectivity index (χ0) is 22.8. The first-order chi connectivity index (χ1) is 14.8. The van der Waals surface area contributed by atoms with Crippen LogP contribution in [-0.2, 0) is 16.1 Å². The van der Waals surface area contributed by atoms with E-state index in [1.165, 1.54) is 4.90 Å². The van der Waals surface area contributed by atoms with Crippen LogP contribution in [0.2, 0.25) is 5.02 Å². The van der Waals surface area contributed by atoms with Crippen molar-refractivity contribution in [1.82, 2.24) is 10.2 Å². The predicted molar refractivity (Wildman–Crippen MR) is 122 cm³/mol. The molecule has 2 aromatic rings. The number of nitrogens with zero attached hydrogens (tertiary/aromatic N) is 1. The van der Waals surface area contributed by atoms with E-state index in [2.05, 4.69) is 19.2 Å². The summed E-state index contributed by atoms with van der Waals surface area (Å²) in [6.45, 7) is 6.54. The number of amides is 2. The van der Waals surface area contributed by atoms with Crippen LogP contribution in [0, 0.1) is 5.92 Å². The van der Waals surface area contributed by atoms with Crippen molar-refractivity contribution in [1.29, 1.82) is 0 Å². The molecular formula is C24H31ClN2O4. The average Bonchev–Trinajstić information content (AvgIpc) is 2.76. The number of hydrogen-bond donors (Lipinski definition) is 1. The average molecular weight is 447 g/mol. The van der Waals surface area contributed by atoms with Gasteiger partial charge in [-0.15, -0.1) is 0 Å². The predicted octanol–water partition coefficient (Wildman–Crippen LogP) is 4.31. The maximum Gasteiger partial charge on any atom is 0.261 e. The van der Waals surface area contributed by atoms with Gasteiger partial charge in [0.1, 0.15) is 17.5 Å². The molecule has 1 N–H and O–H groups in total. The Balaban J connectivity index is 2.11. The molecule has 0 aliphatic heterocycles. The SMILES string of the molecule is COc1ccc(CN(C(=O)COc2ccccc2Cl)[C@@H](C)C(=O)NCCC(C)C)cc1. The summed E-state index contributed by atoms with van der Waals surface area (Å²) in [4.78, 5) is 27.3. The minimum absolute atomic E-state index is 0.194. The Bertz CT molecular complexity index is 855. The molecule has 0 aliphatic carbocycles. The molecule has 0 radical (unpaired) electrons. The Morgan fingerprint density at radius 1 is 1.06 bits per heavy atom. The number of halogens is 1. The lowest BCUT2D eigenvalue weighted by molar-refractivity contribution is -0.142. The van der Waals surface area contributed by atoms with Crippen LogP contribution in [0.15, 0.2) is 48.5 Å². The Kier molecular flexibility index (Phi) is 9.66. The molecule has 0 heterocycles. The highest BCUT2D eigenvalue weighted by molar-refractivity contribution is 6.32. The molecule has 0 saturated heterocycles. The van der Waals surface area contributed by atoms with Crippen molar-refractivity contribution in [2.75, 3.05) is 20.3 Å².